The van der Waals surface area contributed by atoms with Gasteiger partial charge in [0.2, 0.25) is 5.88 Å². The highest BCUT2D eigenvalue weighted by Gasteiger charge is 2.21. The minimum atomic E-state index is 0.707. The van der Waals surface area contributed by atoms with Crippen molar-refractivity contribution in [2.24, 2.45) is 0 Å². The van der Waals surface area contributed by atoms with Crippen LogP contribution in [0.5, 0.6) is 11.6 Å². The molecule has 5 nitrogen and oxygen atoms in total. The van der Waals surface area contributed by atoms with E-state index in [1.165, 1.54) is 0 Å². The second kappa shape index (κ2) is 5.09. The Morgan fingerprint density at radius 1 is 1.32 bits per heavy atom. The maximum Gasteiger partial charge on any atom is 0.238 e. The maximum atomic E-state index is 5.89. The first kappa shape index (κ1) is 12.3. The summed E-state index contributed by atoms with van der Waals surface area (Å²) in [5, 5.41) is 1.09. The number of hydrogen-bond donors (Lipinski definition) is 0. The molecule has 0 bridgehead atoms. The molecule has 2 aromatic heterocycles. The van der Waals surface area contributed by atoms with Gasteiger partial charge in [0.15, 0.2) is 5.75 Å². The van der Waals surface area contributed by atoms with Crippen molar-refractivity contribution in [3.8, 4) is 11.6 Å². The van der Waals surface area contributed by atoms with Crippen molar-refractivity contribution in [2.75, 3.05) is 33.9 Å². The van der Waals surface area contributed by atoms with Crippen LogP contribution in [0.2, 0.25) is 0 Å². The smallest absolute Gasteiger partial charge is 0.238 e. The lowest BCUT2D eigenvalue weighted by molar-refractivity contribution is 0.281. The summed E-state index contributed by atoms with van der Waals surface area (Å²) in [7, 11) is 4.14. The highest BCUT2D eigenvalue weighted by Crippen LogP contribution is 2.40. The molecule has 0 amide bonds. The van der Waals surface area contributed by atoms with E-state index in [0.29, 0.717) is 13.2 Å². The third-order valence-electron chi connectivity index (χ3n) is 3.32. The zero-order chi connectivity index (χ0) is 13.2. The molecule has 0 saturated carbocycles. The summed E-state index contributed by atoms with van der Waals surface area (Å²) < 4.78 is 13.9. The van der Waals surface area contributed by atoms with E-state index in [2.05, 4.69) is 28.5 Å². The molecule has 3 heterocycles. The third-order valence-corrected chi connectivity index (χ3v) is 3.32. The number of aromatic nitrogens is 2. The number of pyridine rings is 1. The molecule has 1 aliphatic rings. The highest BCUT2D eigenvalue weighted by atomic mass is 16.5. The van der Waals surface area contributed by atoms with Crippen molar-refractivity contribution in [3.05, 3.63) is 18.5 Å². The number of ether oxygens (including phenoxy) is 2. The Morgan fingerprint density at radius 2 is 2.16 bits per heavy atom. The third kappa shape index (κ3) is 2.26. The van der Waals surface area contributed by atoms with Gasteiger partial charge in [0.05, 0.1) is 24.9 Å². The van der Waals surface area contributed by atoms with E-state index < -0.39 is 0 Å². The molecule has 5 heteroatoms. The summed E-state index contributed by atoms with van der Waals surface area (Å²) in [6, 6.07) is 2.00. The van der Waals surface area contributed by atoms with E-state index >= 15 is 0 Å². The minimum absolute atomic E-state index is 0.707. The van der Waals surface area contributed by atoms with Crippen LogP contribution in [0.15, 0.2) is 18.5 Å². The molecule has 0 radical (unpaired) electrons. The van der Waals surface area contributed by atoms with Gasteiger partial charge in [-0.15, -0.1) is 0 Å². The Morgan fingerprint density at radius 3 is 3.00 bits per heavy atom. The molecule has 19 heavy (non-hydrogen) atoms. The van der Waals surface area contributed by atoms with Crippen LogP contribution in [0.4, 0.5) is 0 Å². The fraction of sp³-hybridized carbons (Fsp3) is 0.500. The minimum Gasteiger partial charge on any atom is -0.487 e. The molecule has 0 saturated heterocycles. The maximum absolute atomic E-state index is 5.89. The van der Waals surface area contributed by atoms with Gasteiger partial charge in [-0.25, -0.2) is 0 Å². The fourth-order valence-electron chi connectivity index (χ4n) is 2.35. The van der Waals surface area contributed by atoms with Gasteiger partial charge in [-0.3, -0.25) is 4.98 Å². The van der Waals surface area contributed by atoms with Crippen LogP contribution in [0.1, 0.15) is 6.42 Å². The van der Waals surface area contributed by atoms with Crippen molar-refractivity contribution >= 4 is 10.9 Å². The molecule has 0 N–H and O–H groups in total. The van der Waals surface area contributed by atoms with E-state index in [9.17, 15) is 0 Å². The first-order valence-electron chi connectivity index (χ1n) is 6.64. The van der Waals surface area contributed by atoms with Gasteiger partial charge in [0.1, 0.15) is 0 Å². The van der Waals surface area contributed by atoms with Crippen LogP contribution in [0.25, 0.3) is 10.9 Å². The standard InChI is InChI=1S/C14H19N3O2/c1-16(2)6-7-17-12-10-15-5-4-11(12)13-14(17)19-9-3-8-18-13/h4-5,10H,3,6-9H2,1-2H3. The summed E-state index contributed by atoms with van der Waals surface area (Å²) in [6.45, 7) is 3.24. The van der Waals surface area contributed by atoms with Crippen LogP contribution < -0.4 is 9.47 Å². The molecule has 0 atom stereocenters. The summed E-state index contributed by atoms with van der Waals surface area (Å²) in [5.41, 5.74) is 1.08. The largest absolute Gasteiger partial charge is 0.487 e. The van der Waals surface area contributed by atoms with Crippen molar-refractivity contribution < 1.29 is 9.47 Å². The summed E-state index contributed by atoms with van der Waals surface area (Å²) in [6.07, 6.45) is 4.61. The Kier molecular flexibility index (Phi) is 3.29. The Bertz CT molecular complexity index is 577. The lowest BCUT2D eigenvalue weighted by Crippen LogP contribution is -2.19. The number of fused-ring (bicyclic) bond motifs is 3. The number of hydrogen-bond acceptors (Lipinski definition) is 4. The first-order chi connectivity index (χ1) is 9.27. The van der Waals surface area contributed by atoms with E-state index in [1.807, 2.05) is 12.3 Å². The van der Waals surface area contributed by atoms with E-state index in [1.54, 1.807) is 6.20 Å². The molecular formula is C14H19N3O2. The number of likely N-dealkylation sites (N-methyl/N-ethyl adjacent to an activating group) is 1. The monoisotopic (exact) mass is 261 g/mol. The van der Waals surface area contributed by atoms with Crippen molar-refractivity contribution in [1.29, 1.82) is 0 Å². The predicted octanol–water partition coefficient (Wildman–Crippen LogP) is 1.76. The van der Waals surface area contributed by atoms with Crippen LogP contribution in [0, 0.1) is 0 Å². The van der Waals surface area contributed by atoms with E-state index in [0.717, 1.165) is 42.0 Å². The Hall–Kier alpha value is -1.75. The normalized spacial score (nSPS) is 14.9. The molecule has 3 rings (SSSR count). The molecule has 102 valence electrons. The van der Waals surface area contributed by atoms with Crippen molar-refractivity contribution in [3.63, 3.8) is 0 Å². The number of rotatable bonds is 3. The SMILES string of the molecule is CN(C)CCn1c2c(c3ccncc31)OCCCO2. The summed E-state index contributed by atoms with van der Waals surface area (Å²) >= 11 is 0. The molecule has 2 aromatic rings. The average Bonchev–Trinajstić information content (AvgIpc) is 2.56. The molecular weight excluding hydrogens is 242 g/mol. The summed E-state index contributed by atoms with van der Waals surface area (Å²) in [5.74, 6) is 1.72. The van der Waals surface area contributed by atoms with Crippen molar-refractivity contribution in [1.82, 2.24) is 14.5 Å². The highest BCUT2D eigenvalue weighted by molar-refractivity contribution is 5.89. The molecule has 0 aliphatic carbocycles. The Labute approximate surface area is 112 Å². The second-order valence-electron chi connectivity index (χ2n) is 5.03. The molecule has 0 spiro atoms. The van der Waals surface area contributed by atoms with E-state index in [-0.39, 0.29) is 0 Å². The van der Waals surface area contributed by atoms with Gasteiger partial charge in [0, 0.05) is 31.1 Å². The second-order valence-corrected chi connectivity index (χ2v) is 5.03. The molecule has 0 unspecified atom stereocenters. The lowest BCUT2D eigenvalue weighted by atomic mass is 10.3. The zero-order valence-corrected chi connectivity index (χ0v) is 11.4. The molecule has 1 aliphatic heterocycles. The van der Waals surface area contributed by atoms with Crippen LogP contribution in [0.3, 0.4) is 0 Å². The van der Waals surface area contributed by atoms with Gasteiger partial charge in [-0.1, -0.05) is 0 Å². The molecule has 0 fully saturated rings. The molecule has 0 aromatic carbocycles. The van der Waals surface area contributed by atoms with Gasteiger partial charge in [0.25, 0.3) is 0 Å². The fourth-order valence-corrected chi connectivity index (χ4v) is 2.35. The van der Waals surface area contributed by atoms with Gasteiger partial charge in [-0.2, -0.15) is 0 Å². The van der Waals surface area contributed by atoms with Crippen LogP contribution in [-0.2, 0) is 6.54 Å². The van der Waals surface area contributed by atoms with Gasteiger partial charge >= 0.3 is 0 Å². The number of nitrogens with zero attached hydrogens (tertiary/aromatic N) is 3. The van der Waals surface area contributed by atoms with E-state index in [4.69, 9.17) is 9.47 Å². The average molecular weight is 261 g/mol. The quantitative estimate of drug-likeness (QED) is 0.844. The van der Waals surface area contributed by atoms with Crippen LogP contribution in [-0.4, -0.2) is 48.3 Å². The summed E-state index contributed by atoms with van der Waals surface area (Å²) in [4.78, 5) is 6.38. The zero-order valence-electron chi connectivity index (χ0n) is 11.4. The van der Waals surface area contributed by atoms with Gasteiger partial charge in [-0.05, 0) is 20.2 Å². The first-order valence-corrected chi connectivity index (χ1v) is 6.64. The van der Waals surface area contributed by atoms with Crippen LogP contribution >= 0.6 is 0 Å². The van der Waals surface area contributed by atoms with Crippen molar-refractivity contribution in [2.45, 2.75) is 13.0 Å². The topological polar surface area (TPSA) is 39.5 Å². The predicted molar refractivity (Wildman–Crippen MR) is 73.9 cm³/mol. The van der Waals surface area contributed by atoms with Gasteiger partial charge < -0.3 is 18.9 Å². The Balaban J connectivity index is 2.09. The lowest BCUT2D eigenvalue weighted by Gasteiger charge is -2.13.